The van der Waals surface area contributed by atoms with Gasteiger partial charge in [-0.3, -0.25) is 0 Å². The predicted octanol–water partition coefficient (Wildman–Crippen LogP) is 5.48. The summed E-state index contributed by atoms with van der Waals surface area (Å²) in [6, 6.07) is 17.8. The molecule has 2 aromatic carbocycles. The number of rotatable bonds is 5. The quantitative estimate of drug-likeness (QED) is 0.579. The summed E-state index contributed by atoms with van der Waals surface area (Å²) in [5.74, 6) is -0.782. The van der Waals surface area contributed by atoms with Crippen molar-refractivity contribution in [1.29, 1.82) is 0 Å². The monoisotopic (exact) mass is 325 g/mol. The summed E-state index contributed by atoms with van der Waals surface area (Å²) in [6.07, 6.45) is 0.970. The molecule has 3 rings (SSSR count). The first-order chi connectivity index (χ1) is 11.7. The number of pyridine rings is 1. The molecule has 24 heavy (non-hydrogen) atoms. The zero-order valence-corrected chi connectivity index (χ0v) is 13.3. The normalized spacial score (nSPS) is 10.6. The third kappa shape index (κ3) is 3.59. The Bertz CT molecular complexity index is 814. The second-order valence-corrected chi connectivity index (χ2v) is 5.42. The number of benzene rings is 2. The van der Waals surface area contributed by atoms with Crippen molar-refractivity contribution in [2.45, 2.75) is 13.3 Å². The number of ether oxygens (including phenoxy) is 1. The molecule has 0 saturated carbocycles. The van der Waals surface area contributed by atoms with E-state index in [9.17, 15) is 8.78 Å². The first-order valence-corrected chi connectivity index (χ1v) is 7.83. The van der Waals surface area contributed by atoms with E-state index in [1.807, 2.05) is 36.4 Å². The summed E-state index contributed by atoms with van der Waals surface area (Å²) < 4.78 is 32.2. The molecule has 0 aliphatic heterocycles. The maximum Gasteiger partial charge on any atom is 0.223 e. The first kappa shape index (κ1) is 16.1. The molecule has 0 bridgehead atoms. The van der Waals surface area contributed by atoms with Gasteiger partial charge in [0.2, 0.25) is 11.9 Å². The molecule has 0 atom stereocenters. The van der Waals surface area contributed by atoms with Crippen molar-refractivity contribution in [3.05, 3.63) is 72.6 Å². The van der Waals surface area contributed by atoms with E-state index in [1.54, 1.807) is 12.1 Å². The highest BCUT2D eigenvalue weighted by molar-refractivity contribution is 5.70. The largest absolute Gasteiger partial charge is 0.494 e. The van der Waals surface area contributed by atoms with E-state index in [2.05, 4.69) is 11.9 Å². The minimum Gasteiger partial charge on any atom is -0.494 e. The van der Waals surface area contributed by atoms with Gasteiger partial charge in [-0.15, -0.1) is 0 Å². The minimum absolute atomic E-state index is 0.284. The topological polar surface area (TPSA) is 22.1 Å². The molecule has 0 N–H and O–H groups in total. The molecule has 4 heteroatoms. The fraction of sp³-hybridized carbons (Fsp3) is 0.150. The van der Waals surface area contributed by atoms with E-state index in [-0.39, 0.29) is 5.56 Å². The van der Waals surface area contributed by atoms with Crippen LogP contribution in [0.15, 0.2) is 60.7 Å². The number of nitrogens with zero attached hydrogens (tertiary/aromatic N) is 1. The second kappa shape index (κ2) is 7.21. The highest BCUT2D eigenvalue weighted by atomic mass is 19.1. The van der Waals surface area contributed by atoms with Crippen LogP contribution in [0.2, 0.25) is 0 Å². The van der Waals surface area contributed by atoms with Crippen molar-refractivity contribution < 1.29 is 13.5 Å². The lowest BCUT2D eigenvalue weighted by Crippen LogP contribution is -1.94. The number of halogens is 2. The molecule has 0 aliphatic carbocycles. The summed E-state index contributed by atoms with van der Waals surface area (Å²) >= 11 is 0. The summed E-state index contributed by atoms with van der Waals surface area (Å²) in [6.45, 7) is 2.76. The van der Waals surface area contributed by atoms with Crippen LogP contribution in [0.5, 0.6) is 5.75 Å². The number of hydrogen-bond donors (Lipinski definition) is 0. The average Bonchev–Trinajstić information content (AvgIpc) is 2.61. The Kier molecular flexibility index (Phi) is 4.85. The van der Waals surface area contributed by atoms with E-state index in [4.69, 9.17) is 4.74 Å². The Labute approximate surface area is 139 Å². The average molecular weight is 325 g/mol. The molecule has 0 saturated heterocycles. The molecule has 2 nitrogen and oxygen atoms in total. The Morgan fingerprint density at radius 1 is 0.792 bits per heavy atom. The summed E-state index contributed by atoms with van der Waals surface area (Å²) in [4.78, 5) is 3.22. The van der Waals surface area contributed by atoms with Gasteiger partial charge in [-0.05, 0) is 47.4 Å². The van der Waals surface area contributed by atoms with Gasteiger partial charge in [-0.1, -0.05) is 43.3 Å². The Morgan fingerprint density at radius 3 is 1.96 bits per heavy atom. The predicted molar refractivity (Wildman–Crippen MR) is 90.8 cm³/mol. The summed E-state index contributed by atoms with van der Waals surface area (Å²) in [5.41, 5.74) is 3.00. The Morgan fingerprint density at radius 2 is 1.38 bits per heavy atom. The molecule has 0 unspecified atom stereocenters. The van der Waals surface area contributed by atoms with E-state index >= 15 is 0 Å². The van der Waals surface area contributed by atoms with E-state index in [1.165, 1.54) is 6.07 Å². The molecule has 1 aromatic heterocycles. The SMILES string of the molecule is CCCOc1ccc(-c2ccc(-c3ccc(F)nc3F)cc2)cc1. The van der Waals surface area contributed by atoms with Gasteiger partial charge in [0, 0.05) is 5.56 Å². The smallest absolute Gasteiger partial charge is 0.223 e. The molecule has 0 aliphatic rings. The lowest BCUT2D eigenvalue weighted by molar-refractivity contribution is 0.317. The molecular weight excluding hydrogens is 308 g/mol. The van der Waals surface area contributed by atoms with Crippen LogP contribution < -0.4 is 4.74 Å². The molecule has 0 spiro atoms. The molecule has 0 fully saturated rings. The van der Waals surface area contributed by atoms with E-state index < -0.39 is 11.9 Å². The molecule has 0 amide bonds. The van der Waals surface area contributed by atoms with Gasteiger partial charge >= 0.3 is 0 Å². The second-order valence-electron chi connectivity index (χ2n) is 5.42. The van der Waals surface area contributed by atoms with Gasteiger partial charge in [-0.25, -0.2) is 0 Å². The van der Waals surface area contributed by atoms with Crippen LogP contribution in [0.3, 0.4) is 0 Å². The van der Waals surface area contributed by atoms with Crippen LogP contribution >= 0.6 is 0 Å². The molecule has 1 heterocycles. The fourth-order valence-electron chi connectivity index (χ4n) is 2.43. The number of aromatic nitrogens is 1. The van der Waals surface area contributed by atoms with E-state index in [0.29, 0.717) is 12.2 Å². The fourth-order valence-corrected chi connectivity index (χ4v) is 2.43. The lowest BCUT2D eigenvalue weighted by Gasteiger charge is -2.08. The highest BCUT2D eigenvalue weighted by Crippen LogP contribution is 2.27. The van der Waals surface area contributed by atoms with Gasteiger partial charge in [0.25, 0.3) is 0 Å². The highest BCUT2D eigenvalue weighted by Gasteiger charge is 2.08. The van der Waals surface area contributed by atoms with Crippen molar-refractivity contribution >= 4 is 0 Å². The van der Waals surface area contributed by atoms with Crippen LogP contribution in [-0.2, 0) is 0 Å². The van der Waals surface area contributed by atoms with Gasteiger partial charge in [-0.2, -0.15) is 13.8 Å². The van der Waals surface area contributed by atoms with Crippen LogP contribution in [0.4, 0.5) is 8.78 Å². The van der Waals surface area contributed by atoms with Crippen molar-refractivity contribution in [2.75, 3.05) is 6.61 Å². The van der Waals surface area contributed by atoms with Crippen molar-refractivity contribution in [2.24, 2.45) is 0 Å². The van der Waals surface area contributed by atoms with Gasteiger partial charge < -0.3 is 4.74 Å². The van der Waals surface area contributed by atoms with Crippen LogP contribution in [0.1, 0.15) is 13.3 Å². The third-order valence-corrected chi connectivity index (χ3v) is 3.67. The van der Waals surface area contributed by atoms with Crippen LogP contribution in [0, 0.1) is 11.9 Å². The van der Waals surface area contributed by atoms with Gasteiger partial charge in [0.05, 0.1) is 6.61 Å². The number of hydrogen-bond acceptors (Lipinski definition) is 2. The van der Waals surface area contributed by atoms with Crippen molar-refractivity contribution in [3.8, 4) is 28.0 Å². The standard InChI is InChI=1S/C20H17F2NO/c1-2-13-24-17-9-7-15(8-10-17)14-3-5-16(6-4-14)18-11-12-19(21)23-20(18)22/h3-12H,2,13H2,1H3. The maximum absolute atomic E-state index is 13.7. The zero-order valence-electron chi connectivity index (χ0n) is 13.3. The molecule has 3 aromatic rings. The van der Waals surface area contributed by atoms with E-state index in [0.717, 1.165) is 29.4 Å². The summed E-state index contributed by atoms with van der Waals surface area (Å²) in [5, 5.41) is 0. The van der Waals surface area contributed by atoms with Gasteiger partial charge in [0.15, 0.2) is 0 Å². The Hall–Kier alpha value is -2.75. The minimum atomic E-state index is -0.821. The molecule has 0 radical (unpaired) electrons. The van der Waals surface area contributed by atoms with Gasteiger partial charge in [0.1, 0.15) is 5.75 Å². The van der Waals surface area contributed by atoms with Crippen LogP contribution in [-0.4, -0.2) is 11.6 Å². The Balaban J connectivity index is 1.81. The maximum atomic E-state index is 13.7. The molecular formula is C20H17F2NO. The summed E-state index contributed by atoms with van der Waals surface area (Å²) in [7, 11) is 0. The lowest BCUT2D eigenvalue weighted by atomic mass is 10.0. The zero-order chi connectivity index (χ0) is 16.9. The third-order valence-electron chi connectivity index (χ3n) is 3.67. The molecule has 122 valence electrons. The van der Waals surface area contributed by atoms with Crippen LogP contribution in [0.25, 0.3) is 22.3 Å². The van der Waals surface area contributed by atoms with Crippen molar-refractivity contribution in [1.82, 2.24) is 4.98 Å². The van der Waals surface area contributed by atoms with Crippen molar-refractivity contribution in [3.63, 3.8) is 0 Å². The first-order valence-electron chi connectivity index (χ1n) is 7.83.